The molecule has 0 amide bonds. The molecule has 1 N–H and O–H groups in total. The van der Waals surface area contributed by atoms with Crippen molar-refractivity contribution in [3.8, 4) is 11.3 Å². The lowest BCUT2D eigenvalue weighted by molar-refractivity contribution is 0.628. The van der Waals surface area contributed by atoms with Gasteiger partial charge in [-0.1, -0.05) is 30.3 Å². The van der Waals surface area contributed by atoms with E-state index in [4.69, 9.17) is 0 Å². The van der Waals surface area contributed by atoms with Gasteiger partial charge < -0.3 is 4.98 Å². The molecule has 0 aliphatic rings. The Morgan fingerprint density at radius 1 is 1.06 bits per heavy atom. The summed E-state index contributed by atoms with van der Waals surface area (Å²) in [5, 5.41) is 0.789. The Morgan fingerprint density at radius 3 is 2.69 bits per heavy atom. The van der Waals surface area contributed by atoms with Crippen LogP contribution in [0.15, 0.2) is 48.7 Å². The van der Waals surface area contributed by atoms with E-state index >= 15 is 0 Å². The second kappa shape index (κ2) is 3.45. The quantitative estimate of drug-likeness (QED) is 0.658. The van der Waals surface area contributed by atoms with Crippen LogP contribution in [0.4, 0.5) is 4.39 Å². The second-order valence-electron chi connectivity index (χ2n) is 3.60. The van der Waals surface area contributed by atoms with E-state index in [1.807, 2.05) is 30.3 Å². The highest BCUT2D eigenvalue weighted by atomic mass is 19.1. The SMILES string of the molecule is Fc1cc2cc[nH]c2nc1-c1ccccc1. The molecular weight excluding hydrogens is 203 g/mol. The van der Waals surface area contributed by atoms with E-state index in [2.05, 4.69) is 9.97 Å². The number of aromatic amines is 1. The predicted molar refractivity (Wildman–Crippen MR) is 61.5 cm³/mol. The minimum absolute atomic E-state index is 0.293. The third-order valence-electron chi connectivity index (χ3n) is 2.54. The zero-order chi connectivity index (χ0) is 11.0. The standard InChI is InChI=1S/C13H9FN2/c14-11-8-10-6-7-15-13(10)16-12(11)9-4-2-1-3-5-9/h1-8H,(H,15,16). The number of H-pyrrole nitrogens is 1. The molecule has 0 radical (unpaired) electrons. The van der Waals surface area contributed by atoms with E-state index < -0.39 is 0 Å². The Labute approximate surface area is 91.8 Å². The minimum atomic E-state index is -0.293. The Hall–Kier alpha value is -2.16. The predicted octanol–water partition coefficient (Wildman–Crippen LogP) is 3.37. The fourth-order valence-corrected chi connectivity index (χ4v) is 1.75. The molecule has 2 nitrogen and oxygen atoms in total. The smallest absolute Gasteiger partial charge is 0.150 e. The van der Waals surface area contributed by atoms with Gasteiger partial charge in [-0.15, -0.1) is 0 Å². The van der Waals surface area contributed by atoms with Gasteiger partial charge in [0.15, 0.2) is 0 Å². The summed E-state index contributed by atoms with van der Waals surface area (Å²) < 4.78 is 13.8. The van der Waals surface area contributed by atoms with Crippen molar-refractivity contribution in [2.75, 3.05) is 0 Å². The van der Waals surface area contributed by atoms with Crippen LogP contribution in [0.3, 0.4) is 0 Å². The van der Waals surface area contributed by atoms with Gasteiger partial charge in [-0.05, 0) is 12.1 Å². The van der Waals surface area contributed by atoms with Crippen molar-refractivity contribution in [3.63, 3.8) is 0 Å². The van der Waals surface area contributed by atoms with Crippen molar-refractivity contribution in [2.45, 2.75) is 0 Å². The summed E-state index contributed by atoms with van der Waals surface area (Å²) >= 11 is 0. The normalized spacial score (nSPS) is 10.8. The first-order chi connectivity index (χ1) is 7.84. The minimum Gasteiger partial charge on any atom is -0.346 e. The van der Waals surface area contributed by atoms with Crippen molar-refractivity contribution in [1.82, 2.24) is 9.97 Å². The third kappa shape index (κ3) is 1.37. The van der Waals surface area contributed by atoms with Crippen LogP contribution in [0, 0.1) is 5.82 Å². The number of nitrogens with zero attached hydrogens (tertiary/aromatic N) is 1. The summed E-state index contributed by atoms with van der Waals surface area (Å²) in [5.74, 6) is -0.293. The average molecular weight is 212 g/mol. The lowest BCUT2D eigenvalue weighted by Crippen LogP contribution is -1.89. The van der Waals surface area contributed by atoms with Gasteiger partial charge in [0.1, 0.15) is 17.2 Å². The molecule has 0 saturated heterocycles. The van der Waals surface area contributed by atoms with Gasteiger partial charge in [-0.25, -0.2) is 9.37 Å². The Morgan fingerprint density at radius 2 is 1.88 bits per heavy atom. The average Bonchev–Trinajstić information content (AvgIpc) is 2.76. The number of benzene rings is 1. The van der Waals surface area contributed by atoms with Gasteiger partial charge in [0.2, 0.25) is 0 Å². The van der Waals surface area contributed by atoms with E-state index in [1.165, 1.54) is 6.07 Å². The van der Waals surface area contributed by atoms with Crippen LogP contribution in [0.25, 0.3) is 22.3 Å². The molecule has 2 heterocycles. The highest BCUT2D eigenvalue weighted by Gasteiger charge is 2.08. The van der Waals surface area contributed by atoms with E-state index in [-0.39, 0.29) is 5.82 Å². The number of hydrogen-bond acceptors (Lipinski definition) is 1. The Bertz CT molecular complexity index is 629. The van der Waals surface area contributed by atoms with E-state index in [0.717, 1.165) is 10.9 Å². The maximum atomic E-state index is 13.8. The Balaban J connectivity index is 2.27. The first-order valence-electron chi connectivity index (χ1n) is 5.03. The van der Waals surface area contributed by atoms with E-state index in [9.17, 15) is 4.39 Å². The number of nitrogens with one attached hydrogen (secondary N) is 1. The monoisotopic (exact) mass is 212 g/mol. The highest BCUT2D eigenvalue weighted by Crippen LogP contribution is 2.23. The van der Waals surface area contributed by atoms with E-state index in [1.54, 1.807) is 12.3 Å². The first kappa shape index (κ1) is 9.09. The van der Waals surface area contributed by atoms with Gasteiger partial charge in [0.25, 0.3) is 0 Å². The summed E-state index contributed by atoms with van der Waals surface area (Å²) in [6.07, 6.45) is 1.76. The molecule has 0 bridgehead atoms. The topological polar surface area (TPSA) is 28.7 Å². The number of aromatic nitrogens is 2. The molecule has 1 aromatic carbocycles. The van der Waals surface area contributed by atoms with Crippen LogP contribution < -0.4 is 0 Å². The van der Waals surface area contributed by atoms with Gasteiger partial charge >= 0.3 is 0 Å². The molecule has 0 spiro atoms. The van der Waals surface area contributed by atoms with Crippen LogP contribution in [-0.4, -0.2) is 9.97 Å². The number of halogens is 1. The molecule has 3 aromatic rings. The molecule has 0 atom stereocenters. The number of pyridine rings is 1. The molecule has 0 unspecified atom stereocenters. The van der Waals surface area contributed by atoms with Crippen LogP contribution >= 0.6 is 0 Å². The van der Waals surface area contributed by atoms with Crippen molar-refractivity contribution in [2.24, 2.45) is 0 Å². The molecule has 2 aromatic heterocycles. The largest absolute Gasteiger partial charge is 0.346 e. The molecule has 0 fully saturated rings. The van der Waals surface area contributed by atoms with Crippen molar-refractivity contribution in [1.29, 1.82) is 0 Å². The maximum absolute atomic E-state index is 13.8. The number of rotatable bonds is 1. The zero-order valence-electron chi connectivity index (χ0n) is 8.44. The lowest BCUT2D eigenvalue weighted by atomic mass is 10.1. The first-order valence-corrected chi connectivity index (χ1v) is 5.03. The molecule has 3 heteroatoms. The Kier molecular flexibility index (Phi) is 1.96. The van der Waals surface area contributed by atoms with Gasteiger partial charge in [0.05, 0.1) is 0 Å². The highest BCUT2D eigenvalue weighted by molar-refractivity contribution is 5.79. The molecule has 78 valence electrons. The summed E-state index contributed by atoms with van der Waals surface area (Å²) in [4.78, 5) is 7.25. The summed E-state index contributed by atoms with van der Waals surface area (Å²) in [6, 6.07) is 12.6. The molecule has 16 heavy (non-hydrogen) atoms. The van der Waals surface area contributed by atoms with E-state index in [0.29, 0.717) is 11.3 Å². The number of hydrogen-bond donors (Lipinski definition) is 1. The maximum Gasteiger partial charge on any atom is 0.150 e. The van der Waals surface area contributed by atoms with Gasteiger partial charge in [0, 0.05) is 17.1 Å². The van der Waals surface area contributed by atoms with Crippen LogP contribution in [-0.2, 0) is 0 Å². The van der Waals surface area contributed by atoms with Crippen molar-refractivity contribution < 1.29 is 4.39 Å². The molecule has 3 rings (SSSR count). The molecule has 0 aliphatic carbocycles. The summed E-state index contributed by atoms with van der Waals surface area (Å²) in [5.41, 5.74) is 1.88. The lowest BCUT2D eigenvalue weighted by Gasteiger charge is -2.02. The van der Waals surface area contributed by atoms with Crippen LogP contribution in [0.5, 0.6) is 0 Å². The third-order valence-corrected chi connectivity index (χ3v) is 2.54. The van der Waals surface area contributed by atoms with Crippen LogP contribution in [0.1, 0.15) is 0 Å². The molecular formula is C13H9FN2. The fourth-order valence-electron chi connectivity index (χ4n) is 1.75. The fraction of sp³-hybridized carbons (Fsp3) is 0. The van der Waals surface area contributed by atoms with Crippen molar-refractivity contribution in [3.05, 3.63) is 54.5 Å². The summed E-state index contributed by atoms with van der Waals surface area (Å²) in [6.45, 7) is 0. The van der Waals surface area contributed by atoms with Gasteiger partial charge in [-0.2, -0.15) is 0 Å². The van der Waals surface area contributed by atoms with Crippen LogP contribution in [0.2, 0.25) is 0 Å². The zero-order valence-corrected chi connectivity index (χ0v) is 8.44. The molecule has 0 saturated carbocycles. The second-order valence-corrected chi connectivity index (χ2v) is 3.60. The molecule has 0 aliphatic heterocycles. The number of fused-ring (bicyclic) bond motifs is 1. The van der Waals surface area contributed by atoms with Gasteiger partial charge in [-0.3, -0.25) is 0 Å². The van der Waals surface area contributed by atoms with Crippen molar-refractivity contribution >= 4 is 11.0 Å². The summed E-state index contributed by atoms with van der Waals surface area (Å²) in [7, 11) is 0.